The summed E-state index contributed by atoms with van der Waals surface area (Å²) in [4.78, 5) is 36.2. The molecule has 3 aromatic carbocycles. The number of rotatable bonds is 6. The van der Waals surface area contributed by atoms with Gasteiger partial charge in [0.1, 0.15) is 11.5 Å². The van der Waals surface area contributed by atoms with Crippen LogP contribution in [0.4, 0.5) is 5.69 Å². The van der Waals surface area contributed by atoms with E-state index in [4.69, 9.17) is 21.1 Å². The van der Waals surface area contributed by atoms with Gasteiger partial charge < -0.3 is 14.8 Å². The summed E-state index contributed by atoms with van der Waals surface area (Å²) in [6.45, 7) is 1.93. The van der Waals surface area contributed by atoms with E-state index in [1.165, 1.54) is 19.4 Å². The van der Waals surface area contributed by atoms with Crippen LogP contribution in [-0.2, 0) is 9.59 Å². The van der Waals surface area contributed by atoms with Crippen LogP contribution in [0.3, 0.4) is 0 Å². The minimum absolute atomic E-state index is 0.255. The minimum atomic E-state index is -0.975. The number of amides is 2. The molecule has 0 saturated heterocycles. The summed E-state index contributed by atoms with van der Waals surface area (Å²) in [6, 6.07) is 18.1. The van der Waals surface area contributed by atoms with Crippen LogP contribution in [0.2, 0.25) is 5.02 Å². The van der Waals surface area contributed by atoms with Crippen LogP contribution in [0, 0.1) is 6.92 Å². The van der Waals surface area contributed by atoms with Crippen LogP contribution < -0.4 is 20.2 Å². The van der Waals surface area contributed by atoms with Crippen molar-refractivity contribution in [3.8, 4) is 11.5 Å². The van der Waals surface area contributed by atoms with Gasteiger partial charge in [0.25, 0.3) is 0 Å². The number of hydrazone groups is 1. The first-order chi connectivity index (χ1) is 15.9. The Hall–Kier alpha value is -4.17. The van der Waals surface area contributed by atoms with Crippen LogP contribution in [-0.4, -0.2) is 31.1 Å². The zero-order chi connectivity index (χ0) is 23.8. The summed E-state index contributed by atoms with van der Waals surface area (Å²) in [5.41, 5.74) is 4.50. The molecule has 0 aromatic heterocycles. The topological polar surface area (TPSA) is 106 Å². The standard InChI is InChI=1S/C24H20ClN3O5/c1-15-3-7-17(8-4-15)24(31)33-19-10-5-16(6-11-19)14-26-28-23(30)22(29)27-20-13-18(25)9-12-21(20)32-2/h3-14H,1-2H3,(H,27,29)(H,28,30)/b26-14+. The van der Waals surface area contributed by atoms with Crippen molar-refractivity contribution in [2.45, 2.75) is 6.92 Å². The highest BCUT2D eigenvalue weighted by atomic mass is 35.5. The van der Waals surface area contributed by atoms with E-state index in [1.807, 2.05) is 19.1 Å². The molecule has 0 spiro atoms. The number of esters is 1. The number of benzene rings is 3. The number of hydrogen-bond donors (Lipinski definition) is 2. The van der Waals surface area contributed by atoms with Gasteiger partial charge in [0.2, 0.25) is 0 Å². The van der Waals surface area contributed by atoms with Crippen LogP contribution in [0.25, 0.3) is 0 Å². The Morgan fingerprint density at radius 3 is 2.30 bits per heavy atom. The Bertz CT molecular complexity index is 1190. The predicted octanol–water partition coefficient (Wildman–Crippen LogP) is 3.97. The van der Waals surface area contributed by atoms with E-state index in [1.54, 1.807) is 48.5 Å². The number of aryl methyl sites for hydroxylation is 1. The highest BCUT2D eigenvalue weighted by Crippen LogP contribution is 2.27. The average Bonchev–Trinajstić information content (AvgIpc) is 2.80. The molecule has 0 saturated carbocycles. The highest BCUT2D eigenvalue weighted by molar-refractivity contribution is 6.40. The maximum atomic E-state index is 12.2. The van der Waals surface area contributed by atoms with Crippen molar-refractivity contribution >= 4 is 41.3 Å². The Morgan fingerprint density at radius 1 is 0.939 bits per heavy atom. The van der Waals surface area contributed by atoms with Gasteiger partial charge in [-0.05, 0) is 67.1 Å². The van der Waals surface area contributed by atoms with E-state index in [0.717, 1.165) is 5.56 Å². The molecule has 2 N–H and O–H groups in total. The third kappa shape index (κ3) is 6.65. The lowest BCUT2D eigenvalue weighted by atomic mass is 10.1. The monoisotopic (exact) mass is 465 g/mol. The summed E-state index contributed by atoms with van der Waals surface area (Å²) >= 11 is 5.91. The molecular formula is C24H20ClN3O5. The summed E-state index contributed by atoms with van der Waals surface area (Å²) in [5, 5.41) is 6.54. The number of carbonyl (C=O) groups is 3. The number of hydrogen-bond acceptors (Lipinski definition) is 6. The Labute approximate surface area is 195 Å². The number of halogens is 1. The number of methoxy groups -OCH3 is 1. The molecule has 0 aliphatic rings. The molecule has 3 aromatic rings. The molecule has 8 nitrogen and oxygen atoms in total. The van der Waals surface area contributed by atoms with Crippen molar-refractivity contribution in [1.82, 2.24) is 5.43 Å². The van der Waals surface area contributed by atoms with E-state index in [9.17, 15) is 14.4 Å². The van der Waals surface area contributed by atoms with Crippen molar-refractivity contribution in [1.29, 1.82) is 0 Å². The normalized spacial score (nSPS) is 10.5. The molecule has 0 fully saturated rings. The lowest BCUT2D eigenvalue weighted by Gasteiger charge is -2.09. The molecule has 9 heteroatoms. The Balaban J connectivity index is 1.53. The molecule has 2 amide bonds. The number of anilines is 1. The molecule has 0 unspecified atom stereocenters. The van der Waals surface area contributed by atoms with E-state index < -0.39 is 17.8 Å². The van der Waals surface area contributed by atoms with Gasteiger partial charge in [0.15, 0.2) is 0 Å². The fraction of sp³-hybridized carbons (Fsp3) is 0.0833. The molecule has 0 atom stereocenters. The predicted molar refractivity (Wildman–Crippen MR) is 125 cm³/mol. The highest BCUT2D eigenvalue weighted by Gasteiger charge is 2.15. The summed E-state index contributed by atoms with van der Waals surface area (Å²) < 4.78 is 10.4. The second kappa shape index (κ2) is 10.9. The van der Waals surface area contributed by atoms with Gasteiger partial charge in [-0.3, -0.25) is 9.59 Å². The molecule has 0 aliphatic heterocycles. The first kappa shape index (κ1) is 23.5. The molecule has 0 aliphatic carbocycles. The molecular weight excluding hydrogens is 446 g/mol. The lowest BCUT2D eigenvalue weighted by molar-refractivity contribution is -0.136. The van der Waals surface area contributed by atoms with Crippen LogP contribution in [0.1, 0.15) is 21.5 Å². The van der Waals surface area contributed by atoms with Crippen molar-refractivity contribution < 1.29 is 23.9 Å². The van der Waals surface area contributed by atoms with Crippen molar-refractivity contribution in [3.63, 3.8) is 0 Å². The second-order valence-corrected chi connectivity index (χ2v) is 7.26. The fourth-order valence-electron chi connectivity index (χ4n) is 2.65. The van der Waals surface area contributed by atoms with Crippen molar-refractivity contribution in [2.24, 2.45) is 5.10 Å². The molecule has 168 valence electrons. The second-order valence-electron chi connectivity index (χ2n) is 6.82. The maximum Gasteiger partial charge on any atom is 0.343 e. The number of ether oxygens (including phenoxy) is 2. The SMILES string of the molecule is COc1ccc(Cl)cc1NC(=O)C(=O)N/N=C/c1ccc(OC(=O)c2ccc(C)cc2)cc1. The van der Waals surface area contributed by atoms with Crippen molar-refractivity contribution in [3.05, 3.63) is 88.4 Å². The number of carbonyl (C=O) groups excluding carboxylic acids is 3. The Kier molecular flexibility index (Phi) is 7.77. The summed E-state index contributed by atoms with van der Waals surface area (Å²) in [7, 11) is 1.43. The van der Waals surface area contributed by atoms with E-state index in [2.05, 4.69) is 15.8 Å². The zero-order valence-electron chi connectivity index (χ0n) is 17.8. The number of nitrogens with one attached hydrogen (secondary N) is 2. The summed E-state index contributed by atoms with van der Waals surface area (Å²) in [6.07, 6.45) is 1.34. The number of nitrogens with zero attached hydrogens (tertiary/aromatic N) is 1. The van der Waals surface area contributed by atoms with Gasteiger partial charge in [-0.1, -0.05) is 29.3 Å². The van der Waals surface area contributed by atoms with Crippen molar-refractivity contribution in [2.75, 3.05) is 12.4 Å². The minimum Gasteiger partial charge on any atom is -0.495 e. The first-order valence-electron chi connectivity index (χ1n) is 9.72. The fourth-order valence-corrected chi connectivity index (χ4v) is 2.82. The van der Waals surface area contributed by atoms with Gasteiger partial charge >= 0.3 is 17.8 Å². The molecule has 33 heavy (non-hydrogen) atoms. The smallest absolute Gasteiger partial charge is 0.343 e. The molecule has 0 heterocycles. The first-order valence-corrected chi connectivity index (χ1v) is 10.1. The van der Waals surface area contributed by atoms with Gasteiger partial charge in [0.05, 0.1) is 24.6 Å². The third-order valence-corrected chi connectivity index (χ3v) is 4.61. The van der Waals surface area contributed by atoms with Gasteiger partial charge in [-0.2, -0.15) is 5.10 Å². The average molecular weight is 466 g/mol. The summed E-state index contributed by atoms with van der Waals surface area (Å²) in [5.74, 6) is -1.67. The van der Waals surface area contributed by atoms with Gasteiger partial charge in [0, 0.05) is 5.02 Å². The van der Waals surface area contributed by atoms with Gasteiger partial charge in [-0.15, -0.1) is 0 Å². The van der Waals surface area contributed by atoms with E-state index in [-0.39, 0.29) is 5.69 Å². The van der Waals surface area contributed by atoms with Crippen LogP contribution in [0.15, 0.2) is 71.8 Å². The van der Waals surface area contributed by atoms with E-state index in [0.29, 0.717) is 27.6 Å². The van der Waals surface area contributed by atoms with Gasteiger partial charge in [-0.25, -0.2) is 10.2 Å². The largest absolute Gasteiger partial charge is 0.495 e. The maximum absolute atomic E-state index is 12.2. The van der Waals surface area contributed by atoms with E-state index >= 15 is 0 Å². The molecule has 0 radical (unpaired) electrons. The van der Waals surface area contributed by atoms with Crippen LogP contribution in [0.5, 0.6) is 11.5 Å². The lowest BCUT2D eigenvalue weighted by Crippen LogP contribution is -2.32. The molecule has 3 rings (SSSR count). The zero-order valence-corrected chi connectivity index (χ0v) is 18.6. The Morgan fingerprint density at radius 2 is 1.64 bits per heavy atom. The quantitative estimate of drug-likeness (QED) is 0.188. The van der Waals surface area contributed by atoms with Crippen LogP contribution >= 0.6 is 11.6 Å². The molecule has 0 bridgehead atoms. The third-order valence-electron chi connectivity index (χ3n) is 4.37.